The first-order chi connectivity index (χ1) is 19.5. The Balaban J connectivity index is 1.44. The number of ether oxygens (including phenoxy) is 1. The van der Waals surface area contributed by atoms with Gasteiger partial charge in [0.25, 0.3) is 0 Å². The zero-order valence-electron chi connectivity index (χ0n) is 22.2. The van der Waals surface area contributed by atoms with E-state index in [9.17, 15) is 10.4 Å². The van der Waals surface area contributed by atoms with Crippen molar-refractivity contribution in [2.75, 3.05) is 25.0 Å². The molecule has 0 bridgehead atoms. The highest BCUT2D eigenvalue weighted by molar-refractivity contribution is 5.86. The molecular weight excluding hydrogens is 508 g/mol. The van der Waals surface area contributed by atoms with Crippen molar-refractivity contribution in [2.24, 2.45) is 0 Å². The molecule has 12 heteroatoms. The molecule has 0 spiro atoms. The van der Waals surface area contributed by atoms with Gasteiger partial charge in [-0.2, -0.15) is 15.5 Å². The van der Waals surface area contributed by atoms with Gasteiger partial charge in [0.2, 0.25) is 0 Å². The number of imidazole rings is 1. The Bertz CT molecular complexity index is 1710. The number of anilines is 2. The van der Waals surface area contributed by atoms with Crippen molar-refractivity contribution in [3.05, 3.63) is 71.4 Å². The quantitative estimate of drug-likeness (QED) is 0.270. The Kier molecular flexibility index (Phi) is 6.81. The summed E-state index contributed by atoms with van der Waals surface area (Å²) in [6.07, 6.45) is 3.07. The Labute approximate surface area is 230 Å². The summed E-state index contributed by atoms with van der Waals surface area (Å²) >= 11 is 0. The minimum atomic E-state index is -0.0364. The highest BCUT2D eigenvalue weighted by atomic mass is 16.5. The van der Waals surface area contributed by atoms with E-state index in [1.807, 2.05) is 54.8 Å². The van der Waals surface area contributed by atoms with Crippen LogP contribution >= 0.6 is 0 Å². The summed E-state index contributed by atoms with van der Waals surface area (Å²) in [5.41, 5.74) is 5.01. The topological polar surface area (TPSA) is 152 Å². The minimum Gasteiger partial charge on any atom is -0.487 e. The number of aryl methyl sites for hydroxylation is 2. The first-order valence-electron chi connectivity index (χ1n) is 13.1. The molecular formula is C28H28N10O2. The molecule has 0 saturated carbocycles. The van der Waals surface area contributed by atoms with E-state index in [0.29, 0.717) is 35.3 Å². The third kappa shape index (κ3) is 4.95. The summed E-state index contributed by atoms with van der Waals surface area (Å²) in [6.45, 7) is 5.40. The maximum atomic E-state index is 9.64. The van der Waals surface area contributed by atoms with Crippen molar-refractivity contribution in [1.82, 2.24) is 39.8 Å². The third-order valence-electron chi connectivity index (χ3n) is 6.79. The van der Waals surface area contributed by atoms with Crippen LogP contribution in [0.4, 0.5) is 11.5 Å². The van der Waals surface area contributed by atoms with E-state index in [0.717, 1.165) is 53.2 Å². The zero-order valence-corrected chi connectivity index (χ0v) is 22.2. The molecule has 1 saturated heterocycles. The molecule has 1 aliphatic rings. The lowest BCUT2D eigenvalue weighted by atomic mass is 10.2. The third-order valence-corrected chi connectivity index (χ3v) is 6.79. The van der Waals surface area contributed by atoms with Crippen LogP contribution in [0, 0.1) is 25.2 Å². The Morgan fingerprint density at radius 1 is 1.18 bits per heavy atom. The number of pyridine rings is 1. The number of nitrogens with one attached hydrogen (secondary N) is 2. The van der Waals surface area contributed by atoms with Crippen LogP contribution < -0.4 is 15.4 Å². The van der Waals surface area contributed by atoms with Crippen molar-refractivity contribution >= 4 is 22.5 Å². The molecule has 202 valence electrons. The molecule has 1 unspecified atom stereocenters. The van der Waals surface area contributed by atoms with Gasteiger partial charge in [0, 0.05) is 24.9 Å². The van der Waals surface area contributed by atoms with Crippen LogP contribution in [0.15, 0.2) is 48.8 Å². The number of fused-ring (bicyclic) bond motifs is 1. The van der Waals surface area contributed by atoms with Crippen molar-refractivity contribution in [2.45, 2.75) is 32.8 Å². The van der Waals surface area contributed by atoms with Crippen LogP contribution in [0.5, 0.6) is 5.75 Å². The normalized spacial score (nSPS) is 14.9. The molecule has 1 aromatic carbocycles. The maximum absolute atomic E-state index is 9.64. The highest BCUT2D eigenvalue weighted by Gasteiger charge is 2.21. The van der Waals surface area contributed by atoms with E-state index < -0.39 is 0 Å². The lowest BCUT2D eigenvalue weighted by Crippen LogP contribution is -2.20. The van der Waals surface area contributed by atoms with Gasteiger partial charge in [0.1, 0.15) is 30.1 Å². The highest BCUT2D eigenvalue weighted by Crippen LogP contribution is 2.34. The number of benzene rings is 1. The monoisotopic (exact) mass is 536 g/mol. The molecule has 1 aliphatic heterocycles. The van der Waals surface area contributed by atoms with E-state index in [1.165, 1.54) is 0 Å². The molecule has 0 amide bonds. The standard InChI is InChI=1S/C28H28N10O2/c1-17-3-5-26(35-34-17)32-23-12-22-24(13-25(23)40-21-7-9-30-15-21)37(16-31-22)27-6-4-19(8-10-39)28(33-27)38-18(2)11-20(14-29)36-38/h3-6,11-13,16,21,30,39H,7-10,15H2,1-2H3,(H,32,35). The molecule has 6 rings (SSSR count). The Morgan fingerprint density at radius 3 is 2.80 bits per heavy atom. The van der Waals surface area contributed by atoms with E-state index in [1.54, 1.807) is 17.1 Å². The molecule has 4 aromatic heterocycles. The minimum absolute atomic E-state index is 0.0364. The molecule has 12 nitrogen and oxygen atoms in total. The average Bonchev–Trinajstić information content (AvgIpc) is 3.71. The fourth-order valence-corrected chi connectivity index (χ4v) is 4.77. The first-order valence-corrected chi connectivity index (χ1v) is 13.1. The van der Waals surface area contributed by atoms with E-state index in [-0.39, 0.29) is 12.7 Å². The van der Waals surface area contributed by atoms with Crippen molar-refractivity contribution in [3.8, 4) is 23.5 Å². The number of nitriles is 1. The number of aliphatic hydroxyl groups is 1. The SMILES string of the molecule is Cc1ccc(Nc2cc3ncn(-c4ccc(CCO)c(-n5nc(C#N)cc5C)n4)c3cc2OC2CCNC2)nn1. The molecule has 40 heavy (non-hydrogen) atoms. The van der Waals surface area contributed by atoms with Gasteiger partial charge in [-0.25, -0.2) is 14.6 Å². The predicted molar refractivity (Wildman–Crippen MR) is 148 cm³/mol. The van der Waals surface area contributed by atoms with Crippen LogP contribution in [-0.2, 0) is 6.42 Å². The van der Waals surface area contributed by atoms with Crippen molar-refractivity contribution in [1.29, 1.82) is 5.26 Å². The number of aliphatic hydroxyl groups excluding tert-OH is 1. The zero-order chi connectivity index (χ0) is 27.6. The smallest absolute Gasteiger partial charge is 0.163 e. The average molecular weight is 537 g/mol. The molecule has 1 fully saturated rings. The van der Waals surface area contributed by atoms with Gasteiger partial charge in [-0.15, -0.1) is 5.10 Å². The molecule has 3 N–H and O–H groups in total. The summed E-state index contributed by atoms with van der Waals surface area (Å²) < 4.78 is 9.97. The van der Waals surface area contributed by atoms with Crippen molar-refractivity contribution in [3.63, 3.8) is 0 Å². The van der Waals surface area contributed by atoms with Gasteiger partial charge in [-0.05, 0) is 69.1 Å². The van der Waals surface area contributed by atoms with Crippen LogP contribution in [0.25, 0.3) is 22.7 Å². The van der Waals surface area contributed by atoms with E-state index >= 15 is 0 Å². The molecule has 0 aliphatic carbocycles. The van der Waals surface area contributed by atoms with Gasteiger partial charge in [-0.3, -0.25) is 4.57 Å². The van der Waals surface area contributed by atoms with Gasteiger partial charge in [-0.1, -0.05) is 6.07 Å². The molecule has 1 atom stereocenters. The van der Waals surface area contributed by atoms with Gasteiger partial charge < -0.3 is 20.5 Å². The largest absolute Gasteiger partial charge is 0.487 e. The number of hydrogen-bond donors (Lipinski definition) is 3. The summed E-state index contributed by atoms with van der Waals surface area (Å²) in [4.78, 5) is 9.57. The van der Waals surface area contributed by atoms with Crippen LogP contribution in [0.3, 0.4) is 0 Å². The van der Waals surface area contributed by atoms with Crippen LogP contribution in [0.1, 0.15) is 29.1 Å². The molecule has 5 aromatic rings. The summed E-state index contributed by atoms with van der Waals surface area (Å²) in [6, 6.07) is 15.3. The molecule has 0 radical (unpaired) electrons. The Morgan fingerprint density at radius 2 is 2.08 bits per heavy atom. The number of nitrogens with zero attached hydrogens (tertiary/aromatic N) is 8. The molecule has 5 heterocycles. The number of hydrogen-bond acceptors (Lipinski definition) is 10. The van der Waals surface area contributed by atoms with E-state index in [2.05, 4.69) is 37.0 Å². The fourth-order valence-electron chi connectivity index (χ4n) is 4.77. The van der Waals surface area contributed by atoms with Crippen molar-refractivity contribution < 1.29 is 9.84 Å². The number of rotatable bonds is 8. The summed E-state index contributed by atoms with van der Waals surface area (Å²) in [5.74, 6) is 2.45. The second kappa shape index (κ2) is 10.7. The van der Waals surface area contributed by atoms with Gasteiger partial charge in [0.15, 0.2) is 17.3 Å². The van der Waals surface area contributed by atoms with Crippen LogP contribution in [0.2, 0.25) is 0 Å². The summed E-state index contributed by atoms with van der Waals surface area (Å²) in [5, 5.41) is 38.5. The van der Waals surface area contributed by atoms with E-state index in [4.69, 9.17) is 9.72 Å². The predicted octanol–water partition coefficient (Wildman–Crippen LogP) is 2.90. The first kappa shape index (κ1) is 25.4. The Hall–Kier alpha value is -4.86. The lowest BCUT2D eigenvalue weighted by molar-refractivity contribution is 0.224. The lowest BCUT2D eigenvalue weighted by Gasteiger charge is -2.18. The summed E-state index contributed by atoms with van der Waals surface area (Å²) in [7, 11) is 0. The van der Waals surface area contributed by atoms with Crippen LogP contribution in [-0.4, -0.2) is 65.4 Å². The fraction of sp³-hybridized carbons (Fsp3) is 0.286. The maximum Gasteiger partial charge on any atom is 0.163 e. The van der Waals surface area contributed by atoms with Gasteiger partial charge >= 0.3 is 0 Å². The number of aromatic nitrogens is 7. The second-order valence-electron chi connectivity index (χ2n) is 9.69. The second-order valence-corrected chi connectivity index (χ2v) is 9.69. The van der Waals surface area contributed by atoms with Gasteiger partial charge in [0.05, 0.1) is 22.4 Å².